The first-order valence-electron chi connectivity index (χ1n) is 5.06. The van der Waals surface area contributed by atoms with Gasteiger partial charge in [0.1, 0.15) is 0 Å². The highest BCUT2D eigenvalue weighted by Crippen LogP contribution is 2.08. The van der Waals surface area contributed by atoms with Gasteiger partial charge in [-0.15, -0.1) is 11.6 Å². The number of aromatic nitrogens is 2. The highest BCUT2D eigenvalue weighted by atomic mass is 35.5. The summed E-state index contributed by atoms with van der Waals surface area (Å²) in [5, 5.41) is 0. The second kappa shape index (κ2) is 6.56. The summed E-state index contributed by atoms with van der Waals surface area (Å²) in [5.74, 6) is 0.648. The van der Waals surface area contributed by atoms with Gasteiger partial charge in [-0.05, 0) is 6.42 Å². The van der Waals surface area contributed by atoms with E-state index in [0.29, 0.717) is 18.4 Å². The first-order valence-corrected chi connectivity index (χ1v) is 5.59. The molecule has 0 N–H and O–H groups in total. The van der Waals surface area contributed by atoms with E-state index in [1.807, 2.05) is 4.90 Å². The van der Waals surface area contributed by atoms with Gasteiger partial charge in [-0.2, -0.15) is 0 Å². The van der Waals surface area contributed by atoms with Crippen molar-refractivity contribution in [2.24, 2.45) is 0 Å². The van der Waals surface area contributed by atoms with Crippen LogP contribution in [0.25, 0.3) is 0 Å². The average molecular weight is 232 g/mol. The van der Waals surface area contributed by atoms with E-state index in [4.69, 9.17) is 11.6 Å². The Kier molecular flexibility index (Phi) is 5.32. The Balaban J connectivity index is 2.65. The summed E-state index contributed by atoms with van der Waals surface area (Å²) < 4.78 is 12.6. The Morgan fingerprint density at radius 2 is 2.00 bits per heavy atom. The van der Waals surface area contributed by atoms with Crippen LogP contribution in [0, 0.1) is 5.82 Å². The molecule has 1 rings (SSSR count). The third-order valence-electron chi connectivity index (χ3n) is 2.03. The van der Waals surface area contributed by atoms with Crippen LogP contribution in [0.15, 0.2) is 12.4 Å². The van der Waals surface area contributed by atoms with Crippen molar-refractivity contribution in [1.29, 1.82) is 0 Å². The molecule has 3 nitrogen and oxygen atoms in total. The van der Waals surface area contributed by atoms with Gasteiger partial charge in [0.05, 0.1) is 12.4 Å². The van der Waals surface area contributed by atoms with Gasteiger partial charge in [0, 0.05) is 19.0 Å². The van der Waals surface area contributed by atoms with Crippen LogP contribution >= 0.6 is 11.6 Å². The fourth-order valence-electron chi connectivity index (χ4n) is 1.23. The zero-order chi connectivity index (χ0) is 11.1. The van der Waals surface area contributed by atoms with Gasteiger partial charge in [0.25, 0.3) is 0 Å². The number of halogens is 2. The Morgan fingerprint density at radius 3 is 2.53 bits per heavy atom. The molecule has 84 valence electrons. The van der Waals surface area contributed by atoms with Crippen molar-refractivity contribution in [3.63, 3.8) is 0 Å². The largest absolute Gasteiger partial charge is 0.340 e. The van der Waals surface area contributed by atoms with Gasteiger partial charge in [0.2, 0.25) is 5.95 Å². The molecule has 0 saturated heterocycles. The highest BCUT2D eigenvalue weighted by Gasteiger charge is 2.07. The standard InChI is InChI=1S/C10H15ClFN3/c1-2-3-5-15(6-4-11)10-13-7-9(12)8-14-10/h7-8H,2-6H2,1H3. The van der Waals surface area contributed by atoms with Crippen molar-refractivity contribution in [3.05, 3.63) is 18.2 Å². The molecular weight excluding hydrogens is 217 g/mol. The zero-order valence-electron chi connectivity index (χ0n) is 8.79. The summed E-state index contributed by atoms with van der Waals surface area (Å²) in [6.45, 7) is 3.66. The number of nitrogens with zero attached hydrogens (tertiary/aromatic N) is 3. The molecule has 0 fully saturated rings. The number of hydrogen-bond donors (Lipinski definition) is 0. The molecule has 0 unspecified atom stereocenters. The minimum absolute atomic E-state index is 0.417. The Labute approximate surface area is 94.3 Å². The van der Waals surface area contributed by atoms with Gasteiger partial charge < -0.3 is 4.90 Å². The van der Waals surface area contributed by atoms with Crippen LogP contribution in [-0.4, -0.2) is 28.9 Å². The van der Waals surface area contributed by atoms with Crippen molar-refractivity contribution in [1.82, 2.24) is 9.97 Å². The van der Waals surface area contributed by atoms with Gasteiger partial charge >= 0.3 is 0 Å². The van der Waals surface area contributed by atoms with E-state index in [0.717, 1.165) is 19.4 Å². The number of hydrogen-bond acceptors (Lipinski definition) is 3. The molecule has 1 aromatic heterocycles. The van der Waals surface area contributed by atoms with Gasteiger partial charge in [-0.3, -0.25) is 0 Å². The molecule has 0 aliphatic heterocycles. The topological polar surface area (TPSA) is 29.0 Å². The maximum atomic E-state index is 12.6. The minimum Gasteiger partial charge on any atom is -0.340 e. The van der Waals surface area contributed by atoms with Crippen LogP contribution in [0.5, 0.6) is 0 Å². The van der Waals surface area contributed by atoms with E-state index in [1.165, 1.54) is 12.4 Å². The van der Waals surface area contributed by atoms with Crippen molar-refractivity contribution in [2.75, 3.05) is 23.9 Å². The fourth-order valence-corrected chi connectivity index (χ4v) is 1.44. The normalized spacial score (nSPS) is 10.3. The summed E-state index contributed by atoms with van der Waals surface area (Å²) in [4.78, 5) is 9.83. The van der Waals surface area contributed by atoms with Gasteiger partial charge in [0.15, 0.2) is 5.82 Å². The Bertz CT molecular complexity index is 279. The predicted octanol–water partition coefficient (Wildman–Crippen LogP) is 2.46. The third kappa shape index (κ3) is 4.00. The number of alkyl halides is 1. The summed E-state index contributed by atoms with van der Waals surface area (Å²) in [7, 11) is 0. The smallest absolute Gasteiger partial charge is 0.225 e. The van der Waals surface area contributed by atoms with Crippen molar-refractivity contribution >= 4 is 17.5 Å². The van der Waals surface area contributed by atoms with Crippen molar-refractivity contribution in [3.8, 4) is 0 Å². The Morgan fingerprint density at radius 1 is 1.33 bits per heavy atom. The van der Waals surface area contributed by atoms with E-state index in [-0.39, 0.29) is 0 Å². The summed E-state index contributed by atoms with van der Waals surface area (Å²) in [5.41, 5.74) is 0. The number of unbranched alkanes of at least 4 members (excludes halogenated alkanes) is 1. The summed E-state index contributed by atoms with van der Waals surface area (Å²) >= 11 is 5.69. The van der Waals surface area contributed by atoms with Crippen molar-refractivity contribution in [2.45, 2.75) is 19.8 Å². The molecule has 0 bridgehead atoms. The molecule has 0 saturated carbocycles. The molecule has 0 aliphatic rings. The van der Waals surface area contributed by atoms with Gasteiger partial charge in [-0.25, -0.2) is 14.4 Å². The molecule has 0 radical (unpaired) electrons. The number of anilines is 1. The van der Waals surface area contributed by atoms with Crippen LogP contribution in [0.3, 0.4) is 0 Å². The molecule has 0 spiro atoms. The van der Waals surface area contributed by atoms with Crippen LogP contribution in [0.2, 0.25) is 0 Å². The number of rotatable bonds is 6. The molecule has 0 aliphatic carbocycles. The molecule has 0 aromatic carbocycles. The van der Waals surface area contributed by atoms with E-state index >= 15 is 0 Å². The second-order valence-corrected chi connectivity index (χ2v) is 3.61. The molecule has 0 amide bonds. The zero-order valence-corrected chi connectivity index (χ0v) is 9.54. The van der Waals surface area contributed by atoms with Crippen LogP contribution in [0.4, 0.5) is 10.3 Å². The summed E-state index contributed by atoms with van der Waals surface area (Å²) in [6, 6.07) is 0. The van der Waals surface area contributed by atoms with Crippen LogP contribution in [0.1, 0.15) is 19.8 Å². The predicted molar refractivity (Wildman–Crippen MR) is 59.8 cm³/mol. The summed E-state index contributed by atoms with van der Waals surface area (Å²) in [6.07, 6.45) is 4.50. The lowest BCUT2D eigenvalue weighted by molar-refractivity contribution is 0.610. The van der Waals surface area contributed by atoms with Crippen LogP contribution < -0.4 is 4.90 Å². The van der Waals surface area contributed by atoms with E-state index < -0.39 is 5.82 Å². The second-order valence-electron chi connectivity index (χ2n) is 3.23. The fraction of sp³-hybridized carbons (Fsp3) is 0.600. The first kappa shape index (κ1) is 12.2. The molecule has 15 heavy (non-hydrogen) atoms. The maximum Gasteiger partial charge on any atom is 0.225 e. The molecule has 5 heteroatoms. The third-order valence-corrected chi connectivity index (χ3v) is 2.19. The SMILES string of the molecule is CCCCN(CCCl)c1ncc(F)cn1. The molecular formula is C10H15ClFN3. The average Bonchev–Trinajstić information content (AvgIpc) is 2.25. The van der Waals surface area contributed by atoms with E-state index in [9.17, 15) is 4.39 Å². The molecule has 1 aromatic rings. The van der Waals surface area contributed by atoms with Gasteiger partial charge in [-0.1, -0.05) is 13.3 Å². The lowest BCUT2D eigenvalue weighted by Gasteiger charge is -2.20. The molecule has 0 atom stereocenters. The minimum atomic E-state index is -0.417. The highest BCUT2D eigenvalue weighted by molar-refractivity contribution is 6.18. The quantitative estimate of drug-likeness (QED) is 0.705. The van der Waals surface area contributed by atoms with E-state index in [2.05, 4.69) is 16.9 Å². The maximum absolute atomic E-state index is 12.6. The lowest BCUT2D eigenvalue weighted by Crippen LogP contribution is -2.28. The van der Waals surface area contributed by atoms with Crippen LogP contribution in [-0.2, 0) is 0 Å². The first-order chi connectivity index (χ1) is 7.27. The Hall–Kier alpha value is -0.900. The molecule has 1 heterocycles. The van der Waals surface area contributed by atoms with E-state index in [1.54, 1.807) is 0 Å². The lowest BCUT2D eigenvalue weighted by atomic mass is 10.3. The van der Waals surface area contributed by atoms with Crippen molar-refractivity contribution < 1.29 is 4.39 Å². The monoisotopic (exact) mass is 231 g/mol.